The summed E-state index contributed by atoms with van der Waals surface area (Å²) in [5.41, 5.74) is 0. The molecule has 0 bridgehead atoms. The average Bonchev–Trinajstić information content (AvgIpc) is 1.19. The minimum Gasteiger partial charge on any atom is -0.822 e. The summed E-state index contributed by atoms with van der Waals surface area (Å²) in [5.74, 6) is 0. The molecule has 0 aliphatic rings. The van der Waals surface area contributed by atoms with Gasteiger partial charge in [-0.3, -0.25) is 0 Å². The van der Waals surface area contributed by atoms with E-state index < -0.39 is 16.4 Å². The van der Waals surface area contributed by atoms with E-state index in [1.54, 1.807) is 0 Å². The molecular formula is H3KO7P2Zn. The first-order chi connectivity index (χ1) is 3.73. The predicted molar refractivity (Wildman–Crippen MR) is 21.2 cm³/mol. The van der Waals surface area contributed by atoms with Gasteiger partial charge in [-0.25, -0.2) is 0 Å². The van der Waals surface area contributed by atoms with Crippen molar-refractivity contribution in [2.75, 3.05) is 0 Å². The smallest absolute Gasteiger partial charge is 0.822 e. The molecule has 11 heteroatoms. The monoisotopic (exact) mass is 280 g/mol. The van der Waals surface area contributed by atoms with Gasteiger partial charge < -0.3 is 33.9 Å². The molecule has 0 unspecified atom stereocenters. The van der Waals surface area contributed by atoms with Crippen LogP contribution in [0.3, 0.4) is 0 Å². The Labute approximate surface area is 119 Å². The van der Waals surface area contributed by atoms with Gasteiger partial charge in [0.1, 0.15) is 0 Å². The molecule has 0 aromatic carbocycles. The van der Waals surface area contributed by atoms with Crippen LogP contribution >= 0.6 is 16.4 Å². The molecule has 0 radical (unpaired) electrons. The summed E-state index contributed by atoms with van der Waals surface area (Å²) in [6.07, 6.45) is 0. The fourth-order valence-corrected chi connectivity index (χ4v) is 0. The van der Waals surface area contributed by atoms with E-state index >= 15 is 0 Å². The minimum atomic E-state index is -5.39. The Kier molecular flexibility index (Phi) is 27.1. The van der Waals surface area contributed by atoms with E-state index in [0.717, 1.165) is 0 Å². The van der Waals surface area contributed by atoms with E-state index in [4.69, 9.17) is 33.9 Å². The van der Waals surface area contributed by atoms with Gasteiger partial charge in [0.2, 0.25) is 0 Å². The van der Waals surface area contributed by atoms with Crippen molar-refractivity contribution in [3.63, 3.8) is 0 Å². The summed E-state index contributed by atoms with van der Waals surface area (Å²) in [5, 5.41) is 0. The second-order valence-corrected chi connectivity index (χ2v) is 2.15. The van der Waals surface area contributed by atoms with Crippen molar-refractivity contribution in [2.45, 2.75) is 0 Å². The third-order valence-corrected chi connectivity index (χ3v) is 0. The van der Waals surface area contributed by atoms with Gasteiger partial charge in [-0.2, -0.15) is 7.82 Å². The van der Waals surface area contributed by atoms with Crippen LogP contribution in [0.25, 0.3) is 0 Å². The first-order valence-electron chi connectivity index (χ1n) is 1.33. The Bertz CT molecular complexity index is 87.6. The minimum absolute atomic E-state index is 0. The van der Waals surface area contributed by atoms with Crippen LogP contribution < -0.4 is 66.1 Å². The number of hydrogen-bond donors (Lipinski definition) is 3. The molecular weight excluding hydrogens is 278 g/mol. The first-order valence-corrected chi connectivity index (χ1v) is 3.99. The molecule has 7 nitrogen and oxygen atoms in total. The quantitative estimate of drug-likeness (QED) is 0.295. The zero-order chi connectivity index (χ0) is 8.08. The molecule has 0 saturated carbocycles. The largest absolute Gasteiger partial charge is 2.00 e. The molecule has 3 N–H and O–H groups in total. The third-order valence-electron chi connectivity index (χ3n) is 0. The van der Waals surface area contributed by atoms with Crippen molar-refractivity contribution in [1.82, 2.24) is 0 Å². The van der Waals surface area contributed by atoms with Gasteiger partial charge in [0, 0.05) is 0 Å². The van der Waals surface area contributed by atoms with E-state index in [2.05, 4.69) is 0 Å². The van der Waals surface area contributed by atoms with E-state index in [9.17, 15) is 0 Å². The van der Waals surface area contributed by atoms with E-state index in [0.29, 0.717) is 0 Å². The summed E-state index contributed by atoms with van der Waals surface area (Å²) < 4.78 is 8.55. The molecule has 11 heavy (non-hydrogen) atoms. The van der Waals surface area contributed by atoms with Crippen LogP contribution in [0.4, 0.5) is 0 Å². The van der Waals surface area contributed by atoms with E-state index in [1.165, 1.54) is 0 Å². The Hall–Kier alpha value is 2.68. The van der Waals surface area contributed by atoms with Crippen LogP contribution in [0.1, 0.15) is 0 Å². The van der Waals surface area contributed by atoms with Crippen LogP contribution in [-0.4, -0.2) is 14.7 Å². The molecule has 0 rings (SSSR count). The van der Waals surface area contributed by atoms with Crippen LogP contribution in [0.15, 0.2) is 0 Å². The van der Waals surface area contributed by atoms with Crippen molar-refractivity contribution in [2.24, 2.45) is 0 Å². The standard InChI is InChI=1S/K.H3O4P.H3O3P.Zn/c;1-5(2,3)4;1-4(2)3;/h;(H3,1,2,3,4);1-3H;/q+1;;;+2/p-3. The molecule has 0 aromatic rings. The molecule has 0 amide bonds. The van der Waals surface area contributed by atoms with Crippen molar-refractivity contribution < 1.29 is 105 Å². The van der Waals surface area contributed by atoms with Gasteiger partial charge in [0.25, 0.3) is 0 Å². The fourth-order valence-electron chi connectivity index (χ4n) is 0. The zero-order valence-corrected chi connectivity index (χ0v) is 13.5. The second kappa shape index (κ2) is 12.7. The van der Waals surface area contributed by atoms with Crippen molar-refractivity contribution in [3.8, 4) is 0 Å². The molecule has 0 aliphatic heterocycles. The van der Waals surface area contributed by atoms with Gasteiger partial charge in [0.15, 0.2) is 0 Å². The van der Waals surface area contributed by atoms with Crippen LogP contribution in [-0.2, 0) is 24.0 Å². The zero-order valence-electron chi connectivity index (χ0n) is 5.58. The first kappa shape index (κ1) is 23.5. The Morgan fingerprint density at radius 2 is 1.09 bits per heavy atom. The summed E-state index contributed by atoms with van der Waals surface area (Å²) >= 11 is 0. The van der Waals surface area contributed by atoms with Crippen LogP contribution in [0, 0.1) is 0 Å². The Morgan fingerprint density at radius 1 is 1.09 bits per heavy atom. The predicted octanol–water partition coefficient (Wildman–Crippen LogP) is -6.63. The molecule has 0 atom stereocenters. The summed E-state index contributed by atoms with van der Waals surface area (Å²) in [6.45, 7) is 0. The normalized spacial score (nSPS) is 8.64. The van der Waals surface area contributed by atoms with Crippen molar-refractivity contribution >= 4 is 16.4 Å². The topological polar surface area (TPSA) is 147 Å². The molecule has 0 spiro atoms. The van der Waals surface area contributed by atoms with Gasteiger partial charge in [-0.05, 0) is 0 Å². The number of hydrogen-bond acceptors (Lipinski definition) is 7. The molecule has 0 heterocycles. The van der Waals surface area contributed by atoms with Gasteiger partial charge >= 0.3 is 79.5 Å². The fraction of sp³-hybridized carbons (Fsp3) is 0. The van der Waals surface area contributed by atoms with E-state index in [-0.39, 0.29) is 70.9 Å². The molecule has 0 aromatic heterocycles. The van der Waals surface area contributed by atoms with Gasteiger partial charge in [-0.1, -0.05) is 0 Å². The Balaban J connectivity index is -0.0000000383. The van der Waals surface area contributed by atoms with Crippen molar-refractivity contribution in [1.29, 1.82) is 0 Å². The maximum atomic E-state index is 8.55. The summed E-state index contributed by atoms with van der Waals surface area (Å²) in [4.78, 5) is 47.3. The molecule has 0 saturated heterocycles. The summed E-state index contributed by atoms with van der Waals surface area (Å²) in [7, 11) is -8.01. The Morgan fingerprint density at radius 3 is 1.09 bits per heavy atom. The van der Waals surface area contributed by atoms with E-state index in [1.807, 2.05) is 0 Å². The molecule has 58 valence electrons. The van der Waals surface area contributed by atoms with Gasteiger partial charge in [-0.15, -0.1) is 0 Å². The average molecular weight is 281 g/mol. The third kappa shape index (κ3) is 201. The second-order valence-electron chi connectivity index (χ2n) is 0.716. The van der Waals surface area contributed by atoms with Crippen molar-refractivity contribution in [3.05, 3.63) is 0 Å². The molecule has 0 fully saturated rings. The number of rotatable bonds is 0. The van der Waals surface area contributed by atoms with Crippen LogP contribution in [0.5, 0.6) is 0 Å². The van der Waals surface area contributed by atoms with Crippen LogP contribution in [0.2, 0.25) is 0 Å². The maximum Gasteiger partial charge on any atom is 2.00 e. The maximum absolute atomic E-state index is 8.55. The summed E-state index contributed by atoms with van der Waals surface area (Å²) in [6, 6.07) is 0. The SMILES string of the molecule is O=P([O-])([O-])[O-].OP(O)O.[K+].[Zn+2]. The molecule has 0 aliphatic carbocycles. The van der Waals surface area contributed by atoms with Gasteiger partial charge in [0.05, 0.1) is 0 Å². The number of phosphoric acid groups is 1.